The molecule has 0 saturated heterocycles. The molecule has 122 valence electrons. The normalized spacial score (nSPS) is 18.7. The van der Waals surface area contributed by atoms with Crippen molar-refractivity contribution >= 4 is 0 Å². The quantitative estimate of drug-likeness (QED) is 0.600. The first kappa shape index (κ1) is 18.6. The Bertz CT molecular complexity index is 521. The van der Waals surface area contributed by atoms with Gasteiger partial charge in [0.05, 0.1) is 31.5 Å². The number of rotatable bonds is 5. The van der Waals surface area contributed by atoms with Gasteiger partial charge < -0.3 is 25.2 Å². The molecule has 0 aliphatic carbocycles. The van der Waals surface area contributed by atoms with E-state index in [-0.39, 0.29) is 19.1 Å². The third kappa shape index (κ3) is 4.54. The number of ether oxygens (including phenoxy) is 1. The molecule has 1 aliphatic rings. The lowest BCUT2D eigenvalue weighted by Gasteiger charge is -2.18. The van der Waals surface area contributed by atoms with Gasteiger partial charge in [-0.2, -0.15) is 0 Å². The number of hydrogen-bond donors (Lipinski definition) is 4. The topological polar surface area (TPSA) is 90.2 Å². The van der Waals surface area contributed by atoms with Gasteiger partial charge in [0.15, 0.2) is 0 Å². The minimum Gasteiger partial charge on any atom is -0.400 e. The highest BCUT2D eigenvalue weighted by Gasteiger charge is 2.27. The predicted octanol–water partition coefficient (Wildman–Crippen LogP) is 0.650. The van der Waals surface area contributed by atoms with Gasteiger partial charge in [0.25, 0.3) is 0 Å². The van der Waals surface area contributed by atoms with E-state index in [1.54, 1.807) is 0 Å². The molecule has 3 atom stereocenters. The molecular weight excluding hydrogens is 284 g/mol. The Balaban J connectivity index is 0.00000116. The Labute approximate surface area is 131 Å². The van der Waals surface area contributed by atoms with Gasteiger partial charge >= 0.3 is 0 Å². The van der Waals surface area contributed by atoms with Crippen LogP contribution in [0.1, 0.15) is 41.2 Å². The van der Waals surface area contributed by atoms with Gasteiger partial charge in [-0.3, -0.25) is 0 Å². The third-order valence-electron chi connectivity index (χ3n) is 3.67. The highest BCUT2D eigenvalue weighted by molar-refractivity contribution is 5.47. The van der Waals surface area contributed by atoms with Crippen LogP contribution in [0.4, 0.5) is 0 Å². The molecule has 0 amide bonds. The number of aryl methyl sites for hydroxylation is 1. The van der Waals surface area contributed by atoms with E-state index >= 15 is 0 Å². The monoisotopic (exact) mass is 308 g/mol. The number of fused-ring (bicyclic) bond motifs is 1. The fourth-order valence-corrected chi connectivity index (χ4v) is 2.56. The van der Waals surface area contributed by atoms with Crippen LogP contribution in [0.5, 0.6) is 0 Å². The van der Waals surface area contributed by atoms with Crippen LogP contribution in [-0.2, 0) is 11.3 Å². The Morgan fingerprint density at radius 2 is 2.00 bits per heavy atom. The molecule has 1 aromatic rings. The zero-order valence-electron chi connectivity index (χ0n) is 13.0. The molecule has 0 radical (unpaired) electrons. The molecule has 1 heterocycles. The van der Waals surface area contributed by atoms with Crippen molar-refractivity contribution in [1.29, 1.82) is 0 Å². The highest BCUT2D eigenvalue weighted by atomic mass is 16.5. The number of aliphatic hydroxyl groups excluding tert-OH is 4. The molecule has 2 rings (SSSR count). The molecule has 0 spiro atoms. The molecule has 0 saturated carbocycles. The van der Waals surface area contributed by atoms with Gasteiger partial charge in [-0.25, -0.2) is 0 Å². The van der Waals surface area contributed by atoms with E-state index in [0.29, 0.717) is 13.0 Å². The van der Waals surface area contributed by atoms with E-state index in [4.69, 9.17) is 21.4 Å². The Morgan fingerprint density at radius 3 is 2.59 bits per heavy atom. The molecule has 1 aliphatic heterocycles. The van der Waals surface area contributed by atoms with Crippen LogP contribution in [-0.4, -0.2) is 46.4 Å². The second-order valence-corrected chi connectivity index (χ2v) is 5.27. The second kappa shape index (κ2) is 8.89. The summed E-state index contributed by atoms with van der Waals surface area (Å²) in [5.74, 6) is 2.65. The summed E-state index contributed by atoms with van der Waals surface area (Å²) in [5.41, 5.74) is 4.00. The maximum Gasteiger partial charge on any atom is 0.0857 e. The summed E-state index contributed by atoms with van der Waals surface area (Å²) in [6.07, 6.45) is 4.21. The molecular formula is C17H24O5. The van der Waals surface area contributed by atoms with Crippen LogP contribution in [0.15, 0.2) is 12.1 Å². The molecule has 22 heavy (non-hydrogen) atoms. The largest absolute Gasteiger partial charge is 0.400 e. The van der Waals surface area contributed by atoms with Crippen molar-refractivity contribution in [2.24, 2.45) is 0 Å². The van der Waals surface area contributed by atoms with Crippen LogP contribution < -0.4 is 0 Å². The first-order valence-corrected chi connectivity index (χ1v) is 7.18. The summed E-state index contributed by atoms with van der Waals surface area (Å²) >= 11 is 0. The average Bonchev–Trinajstić information content (AvgIpc) is 2.90. The SMILES string of the molecule is C#Cc1cc2c(cc1C)C(CC(O)CC(O)CO)OC2.CO. The average molecular weight is 308 g/mol. The summed E-state index contributed by atoms with van der Waals surface area (Å²) < 4.78 is 5.69. The fraction of sp³-hybridized carbons (Fsp3) is 0.529. The van der Waals surface area contributed by atoms with Crippen LogP contribution in [0.2, 0.25) is 0 Å². The third-order valence-corrected chi connectivity index (χ3v) is 3.67. The van der Waals surface area contributed by atoms with Gasteiger partial charge in [0, 0.05) is 25.5 Å². The molecule has 0 fully saturated rings. The summed E-state index contributed by atoms with van der Waals surface area (Å²) in [5, 5.41) is 35.0. The lowest BCUT2D eigenvalue weighted by Crippen LogP contribution is -2.22. The van der Waals surface area contributed by atoms with E-state index in [2.05, 4.69) is 5.92 Å². The molecule has 0 aromatic heterocycles. The molecule has 4 N–H and O–H groups in total. The second-order valence-electron chi connectivity index (χ2n) is 5.27. The summed E-state index contributed by atoms with van der Waals surface area (Å²) in [4.78, 5) is 0. The van der Waals surface area contributed by atoms with Gasteiger partial charge in [0.2, 0.25) is 0 Å². The summed E-state index contributed by atoms with van der Waals surface area (Å²) in [7, 11) is 1.00. The van der Waals surface area contributed by atoms with Gasteiger partial charge in [-0.15, -0.1) is 6.42 Å². The maximum atomic E-state index is 9.92. The van der Waals surface area contributed by atoms with E-state index < -0.39 is 12.2 Å². The number of hydrogen-bond acceptors (Lipinski definition) is 5. The Hall–Kier alpha value is -1.42. The number of aliphatic hydroxyl groups is 4. The number of benzene rings is 1. The fourth-order valence-electron chi connectivity index (χ4n) is 2.56. The van der Waals surface area contributed by atoms with Crippen molar-refractivity contribution in [3.63, 3.8) is 0 Å². The lowest BCUT2D eigenvalue weighted by atomic mass is 9.95. The van der Waals surface area contributed by atoms with Crippen LogP contribution >= 0.6 is 0 Å². The van der Waals surface area contributed by atoms with Crippen molar-refractivity contribution in [1.82, 2.24) is 0 Å². The van der Waals surface area contributed by atoms with Crippen LogP contribution in [0.25, 0.3) is 0 Å². The Morgan fingerprint density at radius 1 is 1.32 bits per heavy atom. The first-order chi connectivity index (χ1) is 10.5. The van der Waals surface area contributed by atoms with E-state index in [1.807, 2.05) is 19.1 Å². The van der Waals surface area contributed by atoms with Gasteiger partial charge in [0.1, 0.15) is 0 Å². The highest BCUT2D eigenvalue weighted by Crippen LogP contribution is 2.36. The molecule has 5 nitrogen and oxygen atoms in total. The zero-order valence-corrected chi connectivity index (χ0v) is 13.0. The van der Waals surface area contributed by atoms with Crippen molar-refractivity contribution in [2.75, 3.05) is 13.7 Å². The van der Waals surface area contributed by atoms with Gasteiger partial charge in [-0.05, 0) is 29.7 Å². The molecule has 0 bridgehead atoms. The van der Waals surface area contributed by atoms with Crippen LogP contribution in [0.3, 0.4) is 0 Å². The van der Waals surface area contributed by atoms with Crippen molar-refractivity contribution < 1.29 is 25.2 Å². The zero-order chi connectivity index (χ0) is 16.7. The van der Waals surface area contributed by atoms with E-state index in [0.717, 1.165) is 29.4 Å². The standard InChI is InChI=1S/C16H20O4.CH4O/c1-3-11-5-12-9-20-16(15(12)4-10(11)2)7-13(18)6-14(19)8-17;1-2/h1,4-5,13-14,16-19H,6-9H2,2H3;2H,1H3. The number of terminal acetylenes is 1. The van der Waals surface area contributed by atoms with Crippen molar-refractivity contribution in [2.45, 2.75) is 44.7 Å². The Kier molecular flexibility index (Phi) is 7.52. The van der Waals surface area contributed by atoms with E-state index in [1.165, 1.54) is 0 Å². The van der Waals surface area contributed by atoms with Gasteiger partial charge in [-0.1, -0.05) is 12.0 Å². The van der Waals surface area contributed by atoms with Crippen molar-refractivity contribution in [3.8, 4) is 12.3 Å². The summed E-state index contributed by atoms with van der Waals surface area (Å²) in [6.45, 7) is 2.10. The minimum absolute atomic E-state index is 0.146. The minimum atomic E-state index is -0.892. The summed E-state index contributed by atoms with van der Waals surface area (Å²) in [6, 6.07) is 3.97. The van der Waals surface area contributed by atoms with Crippen molar-refractivity contribution in [3.05, 3.63) is 34.4 Å². The van der Waals surface area contributed by atoms with Crippen LogP contribution in [0, 0.1) is 19.3 Å². The maximum absolute atomic E-state index is 9.92. The molecule has 3 unspecified atom stereocenters. The smallest absolute Gasteiger partial charge is 0.0857 e. The van der Waals surface area contributed by atoms with E-state index in [9.17, 15) is 10.2 Å². The predicted molar refractivity (Wildman–Crippen MR) is 83.1 cm³/mol. The lowest BCUT2D eigenvalue weighted by molar-refractivity contribution is -0.00429. The molecule has 1 aromatic carbocycles. The molecule has 5 heteroatoms. The first-order valence-electron chi connectivity index (χ1n) is 7.18.